The lowest BCUT2D eigenvalue weighted by Crippen LogP contribution is -2.13. The van der Waals surface area contributed by atoms with Crippen molar-refractivity contribution in [3.05, 3.63) is 94.0 Å². The molecule has 0 radical (unpaired) electrons. The van der Waals surface area contributed by atoms with Gasteiger partial charge in [0.2, 0.25) is 0 Å². The minimum Gasteiger partial charge on any atom is -0.493 e. The van der Waals surface area contributed by atoms with Crippen LogP contribution in [-0.4, -0.2) is 25.6 Å². The van der Waals surface area contributed by atoms with Gasteiger partial charge in [-0.1, -0.05) is 35.9 Å². The number of methoxy groups -OCH3 is 1. The van der Waals surface area contributed by atoms with Crippen molar-refractivity contribution in [3.63, 3.8) is 0 Å². The van der Waals surface area contributed by atoms with E-state index in [1.165, 1.54) is 25.3 Å². The topological polar surface area (TPSA) is 97.7 Å². The molecule has 35 heavy (non-hydrogen) atoms. The minimum absolute atomic E-state index is 0.110. The van der Waals surface area contributed by atoms with Crippen LogP contribution in [-0.2, 0) is 16.1 Å². The number of hydrogen-bond donors (Lipinski definition) is 1. The maximum absolute atomic E-state index is 12.7. The van der Waals surface area contributed by atoms with E-state index in [4.69, 9.17) is 25.8 Å². The molecule has 8 heteroatoms. The molecular weight excluding hydrogens is 468 g/mol. The van der Waals surface area contributed by atoms with E-state index >= 15 is 0 Å². The number of nitrogens with one attached hydrogen (secondary N) is 1. The molecule has 0 spiro atoms. The van der Waals surface area contributed by atoms with Crippen LogP contribution in [0.4, 0.5) is 5.69 Å². The number of nitriles is 1. The Morgan fingerprint density at radius 1 is 1.06 bits per heavy atom. The second kappa shape index (κ2) is 12.3. The molecule has 0 fully saturated rings. The number of hydrogen-bond acceptors (Lipinski definition) is 6. The van der Waals surface area contributed by atoms with Gasteiger partial charge in [0.25, 0.3) is 5.91 Å². The highest BCUT2D eigenvalue weighted by atomic mass is 35.5. The van der Waals surface area contributed by atoms with Gasteiger partial charge in [-0.2, -0.15) is 5.26 Å². The molecule has 0 aliphatic carbocycles. The van der Waals surface area contributed by atoms with Gasteiger partial charge >= 0.3 is 5.97 Å². The first-order valence-corrected chi connectivity index (χ1v) is 11.1. The smallest absolute Gasteiger partial charge is 0.338 e. The molecule has 178 valence electrons. The molecule has 1 N–H and O–H groups in total. The van der Waals surface area contributed by atoms with Crippen molar-refractivity contribution in [2.75, 3.05) is 19.0 Å². The number of amides is 1. The van der Waals surface area contributed by atoms with Gasteiger partial charge in [-0.15, -0.1) is 0 Å². The number of halogens is 1. The van der Waals surface area contributed by atoms with Crippen molar-refractivity contribution < 1.29 is 23.8 Å². The molecule has 0 aromatic heterocycles. The monoisotopic (exact) mass is 490 g/mol. The van der Waals surface area contributed by atoms with E-state index in [0.717, 1.165) is 5.56 Å². The summed E-state index contributed by atoms with van der Waals surface area (Å²) in [5.74, 6) is -0.104. The Kier molecular flexibility index (Phi) is 8.88. The molecule has 1 amide bonds. The zero-order valence-corrected chi connectivity index (χ0v) is 20.0. The average Bonchev–Trinajstić information content (AvgIpc) is 2.87. The van der Waals surface area contributed by atoms with Gasteiger partial charge in [0.15, 0.2) is 11.5 Å². The second-order valence-corrected chi connectivity index (χ2v) is 7.62. The third-order valence-electron chi connectivity index (χ3n) is 4.86. The van der Waals surface area contributed by atoms with E-state index in [1.54, 1.807) is 43.3 Å². The molecule has 0 unspecified atom stereocenters. The van der Waals surface area contributed by atoms with Crippen LogP contribution in [0, 0.1) is 11.3 Å². The number of ether oxygens (including phenoxy) is 3. The molecule has 3 rings (SSSR count). The normalized spacial score (nSPS) is 10.7. The van der Waals surface area contributed by atoms with Crippen LogP contribution in [0.2, 0.25) is 5.02 Å². The van der Waals surface area contributed by atoms with Gasteiger partial charge in [0.05, 0.1) is 19.3 Å². The second-order valence-electron chi connectivity index (χ2n) is 7.21. The molecule has 7 nitrogen and oxygen atoms in total. The lowest BCUT2D eigenvalue weighted by Gasteiger charge is -2.12. The van der Waals surface area contributed by atoms with Crippen LogP contribution in [0.15, 0.2) is 72.3 Å². The lowest BCUT2D eigenvalue weighted by atomic mass is 10.1. The highest BCUT2D eigenvalue weighted by Gasteiger charge is 2.13. The van der Waals surface area contributed by atoms with Gasteiger partial charge in [-0.25, -0.2) is 4.79 Å². The first-order valence-electron chi connectivity index (χ1n) is 10.7. The van der Waals surface area contributed by atoms with Gasteiger partial charge in [0, 0.05) is 16.3 Å². The summed E-state index contributed by atoms with van der Waals surface area (Å²) < 4.78 is 16.2. The molecule has 3 aromatic carbocycles. The fourth-order valence-electron chi connectivity index (χ4n) is 3.08. The Bertz CT molecular complexity index is 1280. The van der Waals surface area contributed by atoms with E-state index in [1.807, 2.05) is 24.3 Å². The maximum Gasteiger partial charge on any atom is 0.338 e. The molecule has 0 heterocycles. The number of nitrogens with zero attached hydrogens (tertiary/aromatic N) is 1. The zero-order valence-electron chi connectivity index (χ0n) is 19.2. The van der Waals surface area contributed by atoms with E-state index in [-0.39, 0.29) is 18.8 Å². The molecule has 0 atom stereocenters. The fourth-order valence-corrected chi connectivity index (χ4v) is 3.27. The fraction of sp³-hybridized carbons (Fsp3) is 0.148. The summed E-state index contributed by atoms with van der Waals surface area (Å²) in [4.78, 5) is 24.4. The van der Waals surface area contributed by atoms with Gasteiger partial charge in [-0.05, 0) is 61.0 Å². The highest BCUT2D eigenvalue weighted by Crippen LogP contribution is 2.30. The van der Waals surface area contributed by atoms with Gasteiger partial charge in [-0.3, -0.25) is 4.79 Å². The molecular formula is C27H23ClN2O5. The summed E-state index contributed by atoms with van der Waals surface area (Å²) in [6.45, 7) is 2.21. The molecule has 0 saturated heterocycles. The van der Waals surface area contributed by atoms with Crippen molar-refractivity contribution in [1.29, 1.82) is 5.26 Å². The van der Waals surface area contributed by atoms with E-state index < -0.39 is 11.9 Å². The number of anilines is 1. The quantitative estimate of drug-likeness (QED) is 0.236. The average molecular weight is 491 g/mol. The van der Waals surface area contributed by atoms with E-state index in [0.29, 0.717) is 33.3 Å². The van der Waals surface area contributed by atoms with E-state index in [2.05, 4.69) is 5.32 Å². The van der Waals surface area contributed by atoms with Crippen LogP contribution in [0.25, 0.3) is 6.08 Å². The summed E-state index contributed by atoms with van der Waals surface area (Å²) in [6.07, 6.45) is 1.45. The van der Waals surface area contributed by atoms with Crippen LogP contribution < -0.4 is 14.8 Å². The summed E-state index contributed by atoms with van der Waals surface area (Å²) in [5.41, 5.74) is 2.07. The van der Waals surface area contributed by atoms with Crippen LogP contribution in [0.1, 0.15) is 28.4 Å². The largest absolute Gasteiger partial charge is 0.493 e. The lowest BCUT2D eigenvalue weighted by molar-refractivity contribution is -0.112. The number of carbonyl (C=O) groups excluding carboxylic acids is 2. The predicted octanol–water partition coefficient (Wildman–Crippen LogP) is 5.65. The molecule has 0 aliphatic rings. The Hall–Kier alpha value is -4.28. The van der Waals surface area contributed by atoms with Crippen molar-refractivity contribution in [2.24, 2.45) is 0 Å². The van der Waals surface area contributed by atoms with Crippen molar-refractivity contribution in [2.45, 2.75) is 13.5 Å². The SMILES string of the molecule is CCOC(=O)c1ccc(NC(=O)/C(C#N)=C/c2ccc(OC)c(OCc3ccccc3Cl)c2)cc1. The summed E-state index contributed by atoms with van der Waals surface area (Å²) >= 11 is 6.20. The van der Waals surface area contributed by atoms with Crippen molar-refractivity contribution in [1.82, 2.24) is 0 Å². The zero-order chi connectivity index (χ0) is 25.2. The summed E-state index contributed by atoms with van der Waals surface area (Å²) in [6, 6.07) is 20.5. The minimum atomic E-state index is -0.592. The third kappa shape index (κ3) is 6.85. The number of carbonyl (C=O) groups is 2. The predicted molar refractivity (Wildman–Crippen MR) is 133 cm³/mol. The van der Waals surface area contributed by atoms with Crippen molar-refractivity contribution >= 4 is 35.2 Å². The Balaban J connectivity index is 1.75. The van der Waals surface area contributed by atoms with Gasteiger partial charge < -0.3 is 19.5 Å². The van der Waals surface area contributed by atoms with Crippen LogP contribution >= 0.6 is 11.6 Å². The third-order valence-corrected chi connectivity index (χ3v) is 5.23. The first-order chi connectivity index (χ1) is 16.9. The van der Waals surface area contributed by atoms with Gasteiger partial charge in [0.1, 0.15) is 18.2 Å². The molecule has 3 aromatic rings. The van der Waals surface area contributed by atoms with Crippen molar-refractivity contribution in [3.8, 4) is 17.6 Å². The Labute approximate surface area is 208 Å². The highest BCUT2D eigenvalue weighted by molar-refractivity contribution is 6.31. The number of rotatable bonds is 9. The Morgan fingerprint density at radius 2 is 1.80 bits per heavy atom. The molecule has 0 saturated carbocycles. The maximum atomic E-state index is 12.7. The van der Waals surface area contributed by atoms with Crippen LogP contribution in [0.5, 0.6) is 11.5 Å². The van der Waals surface area contributed by atoms with E-state index in [9.17, 15) is 14.9 Å². The number of benzene rings is 3. The molecule has 0 aliphatic heterocycles. The standard InChI is InChI=1S/C27H23ClN2O5/c1-3-34-27(32)19-9-11-22(12-10-19)30-26(31)21(16-29)14-18-8-13-24(33-2)25(15-18)35-17-20-6-4-5-7-23(20)28/h4-15H,3,17H2,1-2H3,(H,30,31)/b21-14+. The summed E-state index contributed by atoms with van der Waals surface area (Å²) in [7, 11) is 1.52. The molecule has 0 bridgehead atoms. The Morgan fingerprint density at radius 3 is 2.46 bits per heavy atom. The first kappa shape index (κ1) is 25.3. The van der Waals surface area contributed by atoms with Crippen LogP contribution in [0.3, 0.4) is 0 Å². The number of esters is 1. The summed E-state index contributed by atoms with van der Waals surface area (Å²) in [5, 5.41) is 12.8.